The van der Waals surface area contributed by atoms with Gasteiger partial charge in [-0.3, -0.25) is 4.79 Å². The molecule has 1 fully saturated rings. The van der Waals surface area contributed by atoms with Gasteiger partial charge in [0.05, 0.1) is 35.5 Å². The Morgan fingerprint density at radius 2 is 2.00 bits per heavy atom. The van der Waals surface area contributed by atoms with Gasteiger partial charge < -0.3 is 19.3 Å². The molecule has 9 heteroatoms. The minimum Gasteiger partial charge on any atom is -0.495 e. The first-order valence-electron chi connectivity index (χ1n) is 11.8. The largest absolute Gasteiger partial charge is 0.495 e. The number of piperazine rings is 1. The highest BCUT2D eigenvalue weighted by Gasteiger charge is 2.31. The Labute approximate surface area is 215 Å². The van der Waals surface area contributed by atoms with Crippen molar-refractivity contribution in [2.75, 3.05) is 33.4 Å². The molecule has 0 saturated carbocycles. The molecule has 186 valence electrons. The van der Waals surface area contributed by atoms with Crippen molar-refractivity contribution in [1.82, 2.24) is 14.8 Å². The van der Waals surface area contributed by atoms with Crippen LogP contribution in [0.5, 0.6) is 5.75 Å². The maximum Gasteiger partial charge on any atom is 0.410 e. The molecule has 1 aromatic heterocycles. The van der Waals surface area contributed by atoms with Gasteiger partial charge in [0.25, 0.3) is 5.91 Å². The summed E-state index contributed by atoms with van der Waals surface area (Å²) >= 11 is 6.55. The molecule has 1 aliphatic heterocycles. The number of rotatable bonds is 5. The molecular weight excluding hydrogens is 480 g/mol. The number of methoxy groups -OCH3 is 1. The Hall–Kier alpha value is -3.83. The molecule has 0 spiro atoms. The van der Waals surface area contributed by atoms with Crippen molar-refractivity contribution in [3.63, 3.8) is 0 Å². The lowest BCUT2D eigenvalue weighted by Gasteiger charge is -2.39. The Balaban J connectivity index is 1.58. The van der Waals surface area contributed by atoms with Crippen molar-refractivity contribution in [3.05, 3.63) is 58.6 Å². The van der Waals surface area contributed by atoms with Gasteiger partial charge in [0.2, 0.25) is 0 Å². The summed E-state index contributed by atoms with van der Waals surface area (Å²) in [4.78, 5) is 33.7. The highest BCUT2D eigenvalue weighted by Crippen LogP contribution is 2.31. The maximum absolute atomic E-state index is 13.3. The molecule has 0 unspecified atom stereocenters. The van der Waals surface area contributed by atoms with Crippen LogP contribution in [0.1, 0.15) is 36.2 Å². The molecule has 3 aromatic rings. The number of halogens is 1. The van der Waals surface area contributed by atoms with Crippen molar-refractivity contribution in [2.45, 2.75) is 26.3 Å². The fourth-order valence-electron chi connectivity index (χ4n) is 4.29. The van der Waals surface area contributed by atoms with Gasteiger partial charge >= 0.3 is 6.09 Å². The number of fused-ring (bicyclic) bond motifs is 1. The molecule has 1 aliphatic rings. The Morgan fingerprint density at radius 3 is 2.69 bits per heavy atom. The van der Waals surface area contributed by atoms with Crippen molar-refractivity contribution in [1.29, 1.82) is 5.26 Å². The average Bonchev–Trinajstić information content (AvgIpc) is 2.90. The number of benzene rings is 2. The lowest BCUT2D eigenvalue weighted by molar-refractivity contribution is 0.0412. The summed E-state index contributed by atoms with van der Waals surface area (Å²) in [7, 11) is 1.51. The minimum atomic E-state index is -0.341. The average molecular weight is 507 g/mol. The summed E-state index contributed by atoms with van der Waals surface area (Å²) in [5.41, 5.74) is 2.76. The number of carbonyl (C=O) groups excluding carboxylic acids is 2. The van der Waals surface area contributed by atoms with E-state index in [1.165, 1.54) is 7.11 Å². The molecule has 1 saturated heterocycles. The van der Waals surface area contributed by atoms with Gasteiger partial charge in [-0.15, -0.1) is 0 Å². The van der Waals surface area contributed by atoms with Gasteiger partial charge in [0.1, 0.15) is 11.8 Å². The monoisotopic (exact) mass is 506 g/mol. The molecule has 2 heterocycles. The second-order valence-corrected chi connectivity index (χ2v) is 9.06. The number of nitrogens with zero attached hydrogens (tertiary/aromatic N) is 4. The van der Waals surface area contributed by atoms with E-state index < -0.39 is 0 Å². The highest BCUT2D eigenvalue weighted by molar-refractivity contribution is 6.35. The molecule has 36 heavy (non-hydrogen) atoms. The van der Waals surface area contributed by atoms with E-state index in [2.05, 4.69) is 6.07 Å². The van der Waals surface area contributed by atoms with Gasteiger partial charge in [0, 0.05) is 42.2 Å². The molecule has 0 aliphatic carbocycles. The normalized spacial score (nSPS) is 15.5. The molecule has 2 aromatic carbocycles. The number of amides is 2. The second kappa shape index (κ2) is 10.8. The van der Waals surface area contributed by atoms with Crippen LogP contribution in [-0.2, 0) is 4.74 Å². The molecule has 8 nitrogen and oxygen atoms in total. The highest BCUT2D eigenvalue weighted by atomic mass is 35.5. The Kier molecular flexibility index (Phi) is 7.61. The molecule has 0 N–H and O–H groups in total. The van der Waals surface area contributed by atoms with Crippen LogP contribution in [0.4, 0.5) is 4.79 Å². The first-order chi connectivity index (χ1) is 17.4. The summed E-state index contributed by atoms with van der Waals surface area (Å²) in [6.45, 7) is 5.48. The third-order valence-corrected chi connectivity index (χ3v) is 6.51. The maximum atomic E-state index is 13.3. The van der Waals surface area contributed by atoms with Crippen LogP contribution in [0.3, 0.4) is 0 Å². The van der Waals surface area contributed by atoms with Gasteiger partial charge in [-0.25, -0.2) is 9.78 Å². The zero-order valence-electron chi connectivity index (χ0n) is 20.5. The third-order valence-electron chi connectivity index (χ3n) is 6.20. The third kappa shape index (κ3) is 5.07. The van der Waals surface area contributed by atoms with Gasteiger partial charge in [-0.1, -0.05) is 24.6 Å². The standard InChI is InChI=1S/C27H27ClN4O4/c1-4-11-36-27(34)32-10-9-31(16-17(32)2)26(33)19-5-7-21-22(28)14-23(30-24(21)13-19)18-6-8-25(35-3)20(12-18)15-29/h5-8,12-14,17H,4,9-11,16H2,1-3H3/t17-/m1/s1. The second-order valence-electron chi connectivity index (χ2n) is 8.66. The topological polar surface area (TPSA) is 95.8 Å². The quantitative estimate of drug-likeness (QED) is 0.476. The smallest absolute Gasteiger partial charge is 0.410 e. The number of hydrogen-bond acceptors (Lipinski definition) is 6. The van der Waals surface area contributed by atoms with Crippen LogP contribution < -0.4 is 4.74 Å². The van der Waals surface area contributed by atoms with E-state index in [0.29, 0.717) is 64.9 Å². The van der Waals surface area contributed by atoms with Gasteiger partial charge in [-0.2, -0.15) is 5.26 Å². The van der Waals surface area contributed by atoms with Crippen molar-refractivity contribution < 1.29 is 19.1 Å². The van der Waals surface area contributed by atoms with E-state index in [0.717, 1.165) is 11.8 Å². The van der Waals surface area contributed by atoms with E-state index >= 15 is 0 Å². The fourth-order valence-corrected chi connectivity index (χ4v) is 4.55. The zero-order chi connectivity index (χ0) is 25.8. The summed E-state index contributed by atoms with van der Waals surface area (Å²) in [6, 6.07) is 14.2. The van der Waals surface area contributed by atoms with Crippen LogP contribution in [-0.4, -0.2) is 66.2 Å². The number of nitriles is 1. The molecule has 0 bridgehead atoms. The number of hydrogen-bond donors (Lipinski definition) is 0. The summed E-state index contributed by atoms with van der Waals surface area (Å²) in [6.07, 6.45) is 0.421. The lowest BCUT2D eigenvalue weighted by atomic mass is 10.0. The van der Waals surface area contributed by atoms with Crippen molar-refractivity contribution >= 4 is 34.5 Å². The van der Waals surface area contributed by atoms with Crippen molar-refractivity contribution in [2.24, 2.45) is 0 Å². The number of aromatic nitrogens is 1. The number of pyridine rings is 1. The fraction of sp³-hybridized carbons (Fsp3) is 0.333. The number of ether oxygens (including phenoxy) is 2. The molecule has 1 atom stereocenters. The van der Waals surface area contributed by atoms with Crippen LogP contribution in [0.15, 0.2) is 42.5 Å². The van der Waals surface area contributed by atoms with Gasteiger partial charge in [0.15, 0.2) is 0 Å². The Morgan fingerprint density at radius 1 is 1.19 bits per heavy atom. The summed E-state index contributed by atoms with van der Waals surface area (Å²) in [5.74, 6) is 0.346. The predicted octanol–water partition coefficient (Wildman–Crippen LogP) is 5.13. The lowest BCUT2D eigenvalue weighted by Crippen LogP contribution is -2.55. The predicted molar refractivity (Wildman–Crippen MR) is 137 cm³/mol. The summed E-state index contributed by atoms with van der Waals surface area (Å²) in [5, 5.41) is 10.6. The van der Waals surface area contributed by atoms with Crippen LogP contribution in [0, 0.1) is 11.3 Å². The van der Waals surface area contributed by atoms with Crippen LogP contribution >= 0.6 is 11.6 Å². The zero-order valence-corrected chi connectivity index (χ0v) is 21.2. The van der Waals surface area contributed by atoms with E-state index in [9.17, 15) is 14.9 Å². The first kappa shape index (κ1) is 25.3. The molecular formula is C27H27ClN4O4. The van der Waals surface area contributed by atoms with E-state index in [1.54, 1.807) is 46.2 Å². The Bertz CT molecular complexity index is 1350. The van der Waals surface area contributed by atoms with Crippen LogP contribution in [0.25, 0.3) is 22.2 Å². The molecule has 2 amide bonds. The van der Waals surface area contributed by atoms with Crippen LogP contribution in [0.2, 0.25) is 5.02 Å². The number of carbonyl (C=O) groups is 2. The first-order valence-corrected chi connectivity index (χ1v) is 12.2. The van der Waals surface area contributed by atoms with E-state index in [-0.39, 0.29) is 18.0 Å². The van der Waals surface area contributed by atoms with Crippen molar-refractivity contribution in [3.8, 4) is 23.1 Å². The minimum absolute atomic E-state index is 0.134. The summed E-state index contributed by atoms with van der Waals surface area (Å²) < 4.78 is 10.5. The van der Waals surface area contributed by atoms with E-state index in [1.807, 2.05) is 19.9 Å². The molecule has 4 rings (SSSR count). The SMILES string of the molecule is CCCOC(=O)N1CCN(C(=O)c2ccc3c(Cl)cc(-c4ccc(OC)c(C#N)c4)nc3c2)C[C@H]1C. The molecule has 0 radical (unpaired) electrons. The van der Waals surface area contributed by atoms with E-state index in [4.69, 9.17) is 26.1 Å². The van der Waals surface area contributed by atoms with Gasteiger partial charge in [-0.05, 0) is 49.7 Å².